The Bertz CT molecular complexity index is 708. The van der Waals surface area contributed by atoms with E-state index < -0.39 is 0 Å². The molecule has 0 fully saturated rings. The van der Waals surface area contributed by atoms with Crippen LogP contribution < -0.4 is 15.2 Å². The third-order valence-electron chi connectivity index (χ3n) is 4.20. The molecular formula is C19H27N3O2. The highest BCUT2D eigenvalue weighted by Crippen LogP contribution is 2.36. The van der Waals surface area contributed by atoms with Crippen LogP contribution in [0.15, 0.2) is 30.3 Å². The average Bonchev–Trinajstić information content (AvgIpc) is 2.53. The Balaban J connectivity index is 2.49. The topological polar surface area (TPSA) is 60.6 Å². The highest BCUT2D eigenvalue weighted by atomic mass is 16.5. The summed E-state index contributed by atoms with van der Waals surface area (Å²) >= 11 is 0. The van der Waals surface area contributed by atoms with Crippen LogP contribution in [-0.4, -0.2) is 36.7 Å². The first kappa shape index (κ1) is 18.1. The summed E-state index contributed by atoms with van der Waals surface area (Å²) in [5.41, 5.74) is 8.57. The molecule has 0 unspecified atom stereocenters. The highest BCUT2D eigenvalue weighted by molar-refractivity contribution is 5.71. The van der Waals surface area contributed by atoms with Gasteiger partial charge in [-0.25, -0.2) is 4.98 Å². The van der Waals surface area contributed by atoms with Crippen molar-refractivity contribution >= 4 is 5.82 Å². The maximum absolute atomic E-state index is 5.81. The molecule has 0 aliphatic rings. The first-order chi connectivity index (χ1) is 11.3. The van der Waals surface area contributed by atoms with Crippen LogP contribution in [0.2, 0.25) is 0 Å². The fourth-order valence-electron chi connectivity index (χ4n) is 2.38. The lowest BCUT2D eigenvalue weighted by molar-refractivity contribution is 0.165. The number of hydrogen-bond donors (Lipinski definition) is 1. The van der Waals surface area contributed by atoms with Gasteiger partial charge >= 0.3 is 0 Å². The minimum Gasteiger partial charge on any atom is -0.496 e. The van der Waals surface area contributed by atoms with Crippen molar-refractivity contribution in [2.24, 2.45) is 0 Å². The van der Waals surface area contributed by atoms with Gasteiger partial charge in [0.15, 0.2) is 0 Å². The van der Waals surface area contributed by atoms with Gasteiger partial charge in [-0.2, -0.15) is 0 Å². The third kappa shape index (κ3) is 3.97. The van der Waals surface area contributed by atoms with E-state index in [9.17, 15) is 0 Å². The fraction of sp³-hybridized carbons (Fsp3) is 0.421. The van der Waals surface area contributed by atoms with Crippen molar-refractivity contribution in [3.63, 3.8) is 0 Å². The number of nitrogens with two attached hydrogens (primary N) is 1. The number of hydrogen-bond acceptors (Lipinski definition) is 5. The standard InChI is InChI=1S/C19H27N3O2/c1-19(2,3)22(4)12-13-10-17(24-6)14(11-16(13)23-5)15-8-7-9-18(20)21-15/h7-11H,12H2,1-6H3,(H2,20,21). The molecule has 0 atom stereocenters. The van der Waals surface area contributed by atoms with Gasteiger partial charge in [0.2, 0.25) is 0 Å². The zero-order chi connectivity index (χ0) is 17.9. The molecule has 5 nitrogen and oxygen atoms in total. The Morgan fingerprint density at radius 3 is 2.29 bits per heavy atom. The van der Waals surface area contributed by atoms with E-state index in [1.165, 1.54) is 0 Å². The van der Waals surface area contributed by atoms with Crippen molar-refractivity contribution < 1.29 is 9.47 Å². The second kappa shape index (κ2) is 7.09. The molecule has 0 amide bonds. The maximum Gasteiger partial charge on any atom is 0.128 e. The Morgan fingerprint density at radius 1 is 1.08 bits per heavy atom. The van der Waals surface area contributed by atoms with Gasteiger partial charge < -0.3 is 15.2 Å². The van der Waals surface area contributed by atoms with Crippen LogP contribution in [0.3, 0.4) is 0 Å². The molecule has 0 saturated heterocycles. The van der Waals surface area contributed by atoms with E-state index in [2.05, 4.69) is 37.7 Å². The van der Waals surface area contributed by atoms with Gasteiger partial charge in [0.25, 0.3) is 0 Å². The van der Waals surface area contributed by atoms with E-state index >= 15 is 0 Å². The zero-order valence-corrected chi connectivity index (χ0v) is 15.4. The second-order valence-corrected chi connectivity index (χ2v) is 6.84. The Kier molecular flexibility index (Phi) is 5.34. The molecule has 0 saturated carbocycles. The van der Waals surface area contributed by atoms with E-state index in [0.29, 0.717) is 5.82 Å². The normalized spacial score (nSPS) is 11.6. The maximum atomic E-state index is 5.81. The minimum atomic E-state index is 0.0619. The number of rotatable bonds is 5. The first-order valence-electron chi connectivity index (χ1n) is 7.95. The molecule has 0 aliphatic carbocycles. The second-order valence-electron chi connectivity index (χ2n) is 6.84. The summed E-state index contributed by atoms with van der Waals surface area (Å²) in [4.78, 5) is 6.66. The van der Waals surface area contributed by atoms with Crippen LogP contribution in [0, 0.1) is 0 Å². The van der Waals surface area contributed by atoms with Gasteiger partial charge in [0, 0.05) is 23.2 Å². The molecule has 1 aromatic carbocycles. The highest BCUT2D eigenvalue weighted by Gasteiger charge is 2.20. The van der Waals surface area contributed by atoms with Crippen LogP contribution in [0.1, 0.15) is 26.3 Å². The van der Waals surface area contributed by atoms with Crippen molar-refractivity contribution in [1.29, 1.82) is 0 Å². The van der Waals surface area contributed by atoms with Gasteiger partial charge in [-0.3, -0.25) is 4.90 Å². The van der Waals surface area contributed by atoms with Gasteiger partial charge in [-0.1, -0.05) is 6.07 Å². The monoisotopic (exact) mass is 329 g/mol. The van der Waals surface area contributed by atoms with E-state index in [1.54, 1.807) is 20.3 Å². The summed E-state index contributed by atoms with van der Waals surface area (Å²) in [6.07, 6.45) is 0. The number of methoxy groups -OCH3 is 2. The molecule has 0 radical (unpaired) electrons. The van der Waals surface area contributed by atoms with Crippen LogP contribution in [0.25, 0.3) is 11.3 Å². The van der Waals surface area contributed by atoms with Crippen molar-refractivity contribution in [3.8, 4) is 22.8 Å². The van der Waals surface area contributed by atoms with Crippen molar-refractivity contribution in [2.75, 3.05) is 27.0 Å². The number of nitrogens with zero attached hydrogens (tertiary/aromatic N) is 2. The fourth-order valence-corrected chi connectivity index (χ4v) is 2.38. The Labute approximate surface area is 144 Å². The van der Waals surface area contributed by atoms with Gasteiger partial charge in [0.1, 0.15) is 17.3 Å². The Hall–Kier alpha value is -2.27. The summed E-state index contributed by atoms with van der Waals surface area (Å²) in [5.74, 6) is 2.04. The summed E-state index contributed by atoms with van der Waals surface area (Å²) in [6, 6.07) is 9.53. The van der Waals surface area contributed by atoms with Crippen LogP contribution >= 0.6 is 0 Å². The van der Waals surface area contributed by atoms with Crippen LogP contribution in [0.5, 0.6) is 11.5 Å². The molecule has 0 spiro atoms. The van der Waals surface area contributed by atoms with Crippen molar-refractivity contribution in [1.82, 2.24) is 9.88 Å². The predicted octanol–water partition coefficient (Wildman–Crippen LogP) is 3.58. The molecular weight excluding hydrogens is 302 g/mol. The number of benzene rings is 1. The number of ether oxygens (including phenoxy) is 2. The van der Waals surface area contributed by atoms with E-state index in [1.807, 2.05) is 24.3 Å². The molecule has 1 heterocycles. The Morgan fingerprint density at radius 2 is 1.75 bits per heavy atom. The predicted molar refractivity (Wildman–Crippen MR) is 98.4 cm³/mol. The molecule has 2 rings (SSSR count). The van der Waals surface area contributed by atoms with Gasteiger partial charge in [-0.15, -0.1) is 0 Å². The summed E-state index contributed by atoms with van der Waals surface area (Å²) in [5, 5.41) is 0. The zero-order valence-electron chi connectivity index (χ0n) is 15.4. The van der Waals surface area contributed by atoms with Gasteiger partial charge in [-0.05, 0) is 52.1 Å². The van der Waals surface area contributed by atoms with Gasteiger partial charge in [0.05, 0.1) is 19.9 Å². The number of anilines is 1. The largest absolute Gasteiger partial charge is 0.496 e. The van der Waals surface area contributed by atoms with Crippen molar-refractivity contribution in [2.45, 2.75) is 32.9 Å². The SMILES string of the molecule is COc1cc(-c2cccc(N)n2)c(OC)cc1CN(C)C(C)(C)C. The average molecular weight is 329 g/mol. The van der Waals surface area contributed by atoms with E-state index in [-0.39, 0.29) is 5.54 Å². The van der Waals surface area contributed by atoms with Crippen molar-refractivity contribution in [3.05, 3.63) is 35.9 Å². The quantitative estimate of drug-likeness (QED) is 0.908. The lowest BCUT2D eigenvalue weighted by Gasteiger charge is -2.32. The molecule has 130 valence electrons. The summed E-state index contributed by atoms with van der Waals surface area (Å²) in [7, 11) is 5.44. The van der Waals surface area contributed by atoms with E-state index in [4.69, 9.17) is 15.2 Å². The lowest BCUT2D eigenvalue weighted by atomic mass is 10.0. The molecule has 24 heavy (non-hydrogen) atoms. The smallest absolute Gasteiger partial charge is 0.128 e. The molecule has 0 aliphatic heterocycles. The molecule has 2 N–H and O–H groups in total. The van der Waals surface area contributed by atoms with Crippen LogP contribution in [-0.2, 0) is 6.54 Å². The number of nitrogen functional groups attached to an aromatic ring is 1. The third-order valence-corrected chi connectivity index (χ3v) is 4.20. The molecule has 5 heteroatoms. The molecule has 2 aromatic rings. The summed E-state index contributed by atoms with van der Waals surface area (Å²) in [6.45, 7) is 7.30. The lowest BCUT2D eigenvalue weighted by Crippen LogP contribution is -2.37. The first-order valence-corrected chi connectivity index (χ1v) is 7.95. The van der Waals surface area contributed by atoms with Crippen LogP contribution in [0.4, 0.5) is 5.82 Å². The number of pyridine rings is 1. The van der Waals surface area contributed by atoms with E-state index in [0.717, 1.165) is 34.9 Å². The summed E-state index contributed by atoms with van der Waals surface area (Å²) < 4.78 is 11.2. The molecule has 0 bridgehead atoms. The minimum absolute atomic E-state index is 0.0619. The molecule has 1 aromatic heterocycles. The number of aromatic nitrogens is 1.